The molecule has 1 saturated heterocycles. The van der Waals surface area contributed by atoms with Crippen LogP contribution in [0.3, 0.4) is 0 Å². The second-order valence-electron chi connectivity index (χ2n) is 6.04. The number of likely N-dealkylation sites (tertiary alicyclic amines) is 1. The molecule has 1 aliphatic carbocycles. The Kier molecular flexibility index (Phi) is 4.80. The maximum Gasteiger partial charge on any atom is 0.307 e. The van der Waals surface area contributed by atoms with Gasteiger partial charge in [0.15, 0.2) is 0 Å². The molecule has 0 aromatic carbocycles. The standard InChI is InChI=1S/C14H24N2O3/c1-10(17)15-13-6-12(14(18)19)8-16(9-13)7-11-4-2-3-5-11/h11-13H,2-9H2,1H3,(H,15,17)(H,18,19). The molecule has 0 spiro atoms. The van der Waals surface area contributed by atoms with E-state index < -0.39 is 5.97 Å². The Labute approximate surface area is 114 Å². The molecule has 0 bridgehead atoms. The molecule has 1 heterocycles. The van der Waals surface area contributed by atoms with Gasteiger partial charge in [0, 0.05) is 32.6 Å². The average molecular weight is 268 g/mol. The molecular weight excluding hydrogens is 244 g/mol. The van der Waals surface area contributed by atoms with E-state index in [0.717, 1.165) is 13.1 Å². The van der Waals surface area contributed by atoms with Crippen LogP contribution in [0.1, 0.15) is 39.0 Å². The summed E-state index contributed by atoms with van der Waals surface area (Å²) in [6.45, 7) is 3.90. The Morgan fingerprint density at radius 2 is 1.95 bits per heavy atom. The number of piperidine rings is 1. The van der Waals surface area contributed by atoms with Crippen molar-refractivity contribution in [1.29, 1.82) is 0 Å². The number of hydrogen-bond donors (Lipinski definition) is 2. The zero-order valence-electron chi connectivity index (χ0n) is 11.6. The molecule has 2 rings (SSSR count). The Hall–Kier alpha value is -1.10. The number of hydrogen-bond acceptors (Lipinski definition) is 3. The van der Waals surface area contributed by atoms with Crippen molar-refractivity contribution in [3.63, 3.8) is 0 Å². The fraction of sp³-hybridized carbons (Fsp3) is 0.857. The van der Waals surface area contributed by atoms with Crippen LogP contribution in [-0.4, -0.2) is 47.6 Å². The summed E-state index contributed by atoms with van der Waals surface area (Å²) in [6.07, 6.45) is 5.68. The van der Waals surface area contributed by atoms with Crippen molar-refractivity contribution in [1.82, 2.24) is 10.2 Å². The van der Waals surface area contributed by atoms with Crippen molar-refractivity contribution in [2.75, 3.05) is 19.6 Å². The van der Waals surface area contributed by atoms with E-state index in [9.17, 15) is 14.7 Å². The summed E-state index contributed by atoms with van der Waals surface area (Å²) >= 11 is 0. The average Bonchev–Trinajstić information content (AvgIpc) is 2.80. The predicted octanol–water partition coefficient (Wildman–Crippen LogP) is 1.09. The molecule has 2 unspecified atom stereocenters. The number of nitrogens with zero attached hydrogens (tertiary/aromatic N) is 1. The number of aliphatic carboxylic acids is 1. The summed E-state index contributed by atoms with van der Waals surface area (Å²) in [5.41, 5.74) is 0. The zero-order chi connectivity index (χ0) is 13.8. The third-order valence-corrected chi connectivity index (χ3v) is 4.27. The monoisotopic (exact) mass is 268 g/mol. The van der Waals surface area contributed by atoms with Gasteiger partial charge in [0.05, 0.1) is 5.92 Å². The highest BCUT2D eigenvalue weighted by Gasteiger charge is 2.33. The van der Waals surface area contributed by atoms with Gasteiger partial charge >= 0.3 is 5.97 Å². The van der Waals surface area contributed by atoms with Crippen LogP contribution in [0.15, 0.2) is 0 Å². The second-order valence-corrected chi connectivity index (χ2v) is 6.04. The van der Waals surface area contributed by atoms with Crippen LogP contribution >= 0.6 is 0 Å². The molecule has 2 fully saturated rings. The van der Waals surface area contributed by atoms with Crippen molar-refractivity contribution in [3.8, 4) is 0 Å². The molecule has 108 valence electrons. The van der Waals surface area contributed by atoms with Gasteiger partial charge in [-0.25, -0.2) is 0 Å². The summed E-state index contributed by atoms with van der Waals surface area (Å²) in [6, 6.07) is -0.0197. The fourth-order valence-corrected chi connectivity index (χ4v) is 3.47. The van der Waals surface area contributed by atoms with E-state index in [2.05, 4.69) is 10.2 Å². The minimum Gasteiger partial charge on any atom is -0.481 e. The van der Waals surface area contributed by atoms with Crippen LogP contribution in [-0.2, 0) is 9.59 Å². The molecule has 1 aliphatic heterocycles. The van der Waals surface area contributed by atoms with Crippen LogP contribution in [0.2, 0.25) is 0 Å². The summed E-state index contributed by atoms with van der Waals surface area (Å²) in [7, 11) is 0. The van der Waals surface area contributed by atoms with Crippen LogP contribution in [0, 0.1) is 11.8 Å². The maximum absolute atomic E-state index is 11.2. The minimum absolute atomic E-state index is 0.0197. The van der Waals surface area contributed by atoms with Gasteiger partial charge in [-0.1, -0.05) is 12.8 Å². The lowest BCUT2D eigenvalue weighted by molar-refractivity contribution is -0.144. The van der Waals surface area contributed by atoms with E-state index in [0.29, 0.717) is 18.9 Å². The highest BCUT2D eigenvalue weighted by Crippen LogP contribution is 2.27. The summed E-state index contributed by atoms with van der Waals surface area (Å²) < 4.78 is 0. The van der Waals surface area contributed by atoms with E-state index in [-0.39, 0.29) is 17.9 Å². The molecule has 0 aromatic heterocycles. The molecule has 1 saturated carbocycles. The Balaban J connectivity index is 1.92. The molecule has 19 heavy (non-hydrogen) atoms. The van der Waals surface area contributed by atoms with Gasteiger partial charge in [-0.3, -0.25) is 9.59 Å². The first-order valence-corrected chi connectivity index (χ1v) is 7.27. The van der Waals surface area contributed by atoms with E-state index in [4.69, 9.17) is 0 Å². The quantitative estimate of drug-likeness (QED) is 0.800. The lowest BCUT2D eigenvalue weighted by Crippen LogP contribution is -2.52. The summed E-state index contributed by atoms with van der Waals surface area (Å²) in [5, 5.41) is 12.1. The van der Waals surface area contributed by atoms with Gasteiger partial charge < -0.3 is 15.3 Å². The number of carboxylic acids is 1. The molecule has 2 N–H and O–H groups in total. The first kappa shape index (κ1) is 14.3. The van der Waals surface area contributed by atoms with Crippen molar-refractivity contribution in [3.05, 3.63) is 0 Å². The topological polar surface area (TPSA) is 69.6 Å². The molecule has 5 heteroatoms. The Morgan fingerprint density at radius 3 is 2.53 bits per heavy atom. The van der Waals surface area contributed by atoms with Crippen molar-refractivity contribution < 1.29 is 14.7 Å². The first-order valence-electron chi connectivity index (χ1n) is 7.27. The number of nitrogens with one attached hydrogen (secondary N) is 1. The van der Waals surface area contributed by atoms with Crippen LogP contribution in [0.25, 0.3) is 0 Å². The molecule has 2 atom stereocenters. The lowest BCUT2D eigenvalue weighted by Gasteiger charge is -2.37. The van der Waals surface area contributed by atoms with Crippen LogP contribution < -0.4 is 5.32 Å². The fourth-order valence-electron chi connectivity index (χ4n) is 3.47. The van der Waals surface area contributed by atoms with Gasteiger partial charge in [-0.15, -0.1) is 0 Å². The molecule has 1 amide bonds. The highest BCUT2D eigenvalue weighted by atomic mass is 16.4. The van der Waals surface area contributed by atoms with E-state index >= 15 is 0 Å². The van der Waals surface area contributed by atoms with E-state index in [1.165, 1.54) is 32.6 Å². The molecule has 5 nitrogen and oxygen atoms in total. The largest absolute Gasteiger partial charge is 0.481 e. The minimum atomic E-state index is -0.744. The molecule has 2 aliphatic rings. The van der Waals surface area contributed by atoms with Crippen molar-refractivity contribution in [2.24, 2.45) is 11.8 Å². The van der Waals surface area contributed by atoms with E-state index in [1.807, 2.05) is 0 Å². The molecule has 0 radical (unpaired) electrons. The van der Waals surface area contributed by atoms with E-state index in [1.54, 1.807) is 0 Å². The normalized spacial score (nSPS) is 29.3. The van der Waals surface area contributed by atoms with Crippen LogP contribution in [0.4, 0.5) is 0 Å². The maximum atomic E-state index is 11.2. The Bertz CT molecular complexity index is 340. The van der Waals surface area contributed by atoms with Crippen LogP contribution in [0.5, 0.6) is 0 Å². The highest BCUT2D eigenvalue weighted by molar-refractivity contribution is 5.74. The van der Waals surface area contributed by atoms with Crippen molar-refractivity contribution >= 4 is 11.9 Å². The predicted molar refractivity (Wildman–Crippen MR) is 71.7 cm³/mol. The summed E-state index contributed by atoms with van der Waals surface area (Å²) in [4.78, 5) is 24.6. The molecule has 0 aromatic rings. The number of carboxylic acid groups (broad SMARTS) is 1. The summed E-state index contributed by atoms with van der Waals surface area (Å²) in [5.74, 6) is -0.458. The van der Waals surface area contributed by atoms with Crippen molar-refractivity contribution in [2.45, 2.75) is 45.1 Å². The van der Waals surface area contributed by atoms with Gasteiger partial charge in [-0.05, 0) is 25.2 Å². The Morgan fingerprint density at radius 1 is 1.26 bits per heavy atom. The number of rotatable bonds is 4. The number of amides is 1. The smallest absolute Gasteiger partial charge is 0.307 e. The molecular formula is C14H24N2O3. The second kappa shape index (κ2) is 6.37. The first-order chi connectivity index (χ1) is 9.04. The third-order valence-electron chi connectivity index (χ3n) is 4.27. The SMILES string of the molecule is CC(=O)NC1CC(C(=O)O)CN(CC2CCCC2)C1. The number of carbonyl (C=O) groups is 2. The van der Waals surface area contributed by atoms with Gasteiger partial charge in [0.1, 0.15) is 0 Å². The number of carbonyl (C=O) groups excluding carboxylic acids is 1. The third kappa shape index (κ3) is 4.20. The van der Waals surface area contributed by atoms with Gasteiger partial charge in [0.25, 0.3) is 0 Å². The zero-order valence-corrected chi connectivity index (χ0v) is 11.6. The lowest BCUT2D eigenvalue weighted by atomic mass is 9.93. The van der Waals surface area contributed by atoms with Gasteiger partial charge in [0.2, 0.25) is 5.91 Å². The van der Waals surface area contributed by atoms with Gasteiger partial charge in [-0.2, -0.15) is 0 Å².